The van der Waals surface area contributed by atoms with Crippen LogP contribution in [0.4, 0.5) is 0 Å². The Labute approximate surface area is 160 Å². The maximum absolute atomic E-state index is 12.7. The average Bonchev–Trinajstić information content (AvgIpc) is 3.16. The fourth-order valence-electron chi connectivity index (χ4n) is 4.06. The van der Waals surface area contributed by atoms with Gasteiger partial charge in [0, 0.05) is 19.1 Å². The van der Waals surface area contributed by atoms with Crippen molar-refractivity contribution in [2.75, 3.05) is 26.7 Å². The highest BCUT2D eigenvalue weighted by atomic mass is 35.5. The molecule has 3 rings (SSSR count). The number of hydrogen-bond donors (Lipinski definition) is 0. The highest BCUT2D eigenvalue weighted by Crippen LogP contribution is 2.32. The molecule has 1 saturated heterocycles. The second-order valence-electron chi connectivity index (χ2n) is 7.01. The molecule has 1 aliphatic carbocycles. The van der Waals surface area contributed by atoms with E-state index in [9.17, 15) is 4.79 Å². The van der Waals surface area contributed by atoms with Crippen molar-refractivity contribution >= 4 is 29.1 Å². The van der Waals surface area contributed by atoms with Crippen LogP contribution < -0.4 is 4.74 Å². The van der Waals surface area contributed by atoms with E-state index < -0.39 is 0 Å². The number of carbonyl (C=O) groups is 1. The molecule has 138 valence electrons. The van der Waals surface area contributed by atoms with Crippen molar-refractivity contribution in [3.8, 4) is 5.75 Å². The van der Waals surface area contributed by atoms with Gasteiger partial charge in [-0.15, -0.1) is 0 Å². The molecule has 0 aromatic heterocycles. The van der Waals surface area contributed by atoms with Gasteiger partial charge in [-0.3, -0.25) is 9.69 Å². The molecule has 1 heterocycles. The number of likely N-dealkylation sites (tertiary alicyclic amines) is 1. The summed E-state index contributed by atoms with van der Waals surface area (Å²) in [6.07, 6.45) is 7.25. The lowest BCUT2D eigenvalue weighted by Crippen LogP contribution is -2.53. The first kappa shape index (κ1) is 18.8. The lowest BCUT2D eigenvalue weighted by Gasteiger charge is -2.42. The Kier molecular flexibility index (Phi) is 6.48. The summed E-state index contributed by atoms with van der Waals surface area (Å²) in [6.45, 7) is 2.31. The predicted molar refractivity (Wildman–Crippen MR) is 102 cm³/mol. The minimum Gasteiger partial charge on any atom is -0.482 e. The van der Waals surface area contributed by atoms with E-state index >= 15 is 0 Å². The quantitative estimate of drug-likeness (QED) is 0.760. The van der Waals surface area contributed by atoms with Crippen LogP contribution in [0.15, 0.2) is 18.2 Å². The average molecular weight is 385 g/mol. The van der Waals surface area contributed by atoms with E-state index in [4.69, 9.17) is 27.9 Å². The molecule has 2 atom stereocenters. The van der Waals surface area contributed by atoms with E-state index in [0.717, 1.165) is 19.5 Å². The Hall–Kier alpha value is -0.970. The van der Waals surface area contributed by atoms with E-state index in [-0.39, 0.29) is 18.6 Å². The van der Waals surface area contributed by atoms with Crippen molar-refractivity contribution in [3.63, 3.8) is 0 Å². The van der Waals surface area contributed by atoms with Gasteiger partial charge in [0.1, 0.15) is 10.8 Å². The molecule has 25 heavy (non-hydrogen) atoms. The fraction of sp³-hybridized carbons (Fsp3) is 0.632. The summed E-state index contributed by atoms with van der Waals surface area (Å²) in [5.74, 6) is 0.447. The molecule has 0 bridgehead atoms. The molecule has 2 aliphatic rings. The molecule has 6 heteroatoms. The molecule has 0 radical (unpaired) electrons. The number of amides is 1. The van der Waals surface area contributed by atoms with Gasteiger partial charge in [-0.05, 0) is 50.9 Å². The second kappa shape index (κ2) is 8.61. The summed E-state index contributed by atoms with van der Waals surface area (Å²) >= 11 is 12.1. The summed E-state index contributed by atoms with van der Waals surface area (Å²) in [6, 6.07) is 5.96. The fourth-order valence-corrected chi connectivity index (χ4v) is 4.41. The SMILES string of the molecule is CN(C(=O)COc1cccc(Cl)c1Cl)[C@@H]1CCCC[C@H]1N1CCCC1. The van der Waals surface area contributed by atoms with Gasteiger partial charge in [-0.25, -0.2) is 0 Å². The van der Waals surface area contributed by atoms with Crippen molar-refractivity contribution in [1.82, 2.24) is 9.80 Å². The molecule has 2 fully saturated rings. The third-order valence-corrected chi connectivity index (χ3v) is 6.26. The number of benzene rings is 1. The second-order valence-corrected chi connectivity index (χ2v) is 7.79. The topological polar surface area (TPSA) is 32.8 Å². The van der Waals surface area contributed by atoms with Crippen molar-refractivity contribution in [2.24, 2.45) is 0 Å². The highest BCUT2D eigenvalue weighted by Gasteiger charge is 2.35. The summed E-state index contributed by atoms with van der Waals surface area (Å²) < 4.78 is 5.63. The molecule has 0 spiro atoms. The zero-order chi connectivity index (χ0) is 17.8. The Morgan fingerprint density at radius 1 is 1.20 bits per heavy atom. The smallest absolute Gasteiger partial charge is 0.260 e. The molecule has 1 aliphatic heterocycles. The molecule has 1 amide bonds. The Balaban J connectivity index is 1.61. The van der Waals surface area contributed by atoms with Gasteiger partial charge in [0.25, 0.3) is 5.91 Å². The van der Waals surface area contributed by atoms with Crippen molar-refractivity contribution in [3.05, 3.63) is 28.2 Å². The lowest BCUT2D eigenvalue weighted by atomic mass is 9.88. The third-order valence-electron chi connectivity index (χ3n) is 5.46. The number of halogens is 2. The van der Waals surface area contributed by atoms with Crippen LogP contribution in [0, 0.1) is 0 Å². The first-order valence-corrected chi connectivity index (χ1v) is 9.90. The van der Waals surface area contributed by atoms with Crippen LogP contribution >= 0.6 is 23.2 Å². The van der Waals surface area contributed by atoms with Gasteiger partial charge in [0.15, 0.2) is 6.61 Å². The Morgan fingerprint density at radius 2 is 1.92 bits per heavy atom. The van der Waals surface area contributed by atoms with Gasteiger partial charge in [0.2, 0.25) is 0 Å². The van der Waals surface area contributed by atoms with Crippen molar-refractivity contribution < 1.29 is 9.53 Å². The number of likely N-dealkylation sites (N-methyl/N-ethyl adjacent to an activating group) is 1. The lowest BCUT2D eigenvalue weighted by molar-refractivity contribution is -0.136. The summed E-state index contributed by atoms with van der Waals surface area (Å²) in [4.78, 5) is 17.1. The van der Waals surface area contributed by atoms with Crippen molar-refractivity contribution in [2.45, 2.75) is 50.6 Å². The minimum absolute atomic E-state index is 0.00728. The standard InChI is InChI=1S/C19H26Cl2N2O2/c1-22(15-8-2-3-9-16(15)23-11-4-5-12-23)18(24)13-25-17-10-6-7-14(20)19(17)21/h6-7,10,15-16H,2-5,8-9,11-13H2,1H3/t15-,16-/m1/s1. The Bertz CT molecular complexity index is 605. The van der Waals surface area contributed by atoms with Crippen LogP contribution in [0.25, 0.3) is 0 Å². The first-order valence-electron chi connectivity index (χ1n) is 9.14. The molecule has 1 aromatic rings. The van der Waals surface area contributed by atoms with Gasteiger partial charge in [0.05, 0.1) is 5.02 Å². The summed E-state index contributed by atoms with van der Waals surface area (Å²) in [5, 5.41) is 0.786. The molecule has 0 unspecified atom stereocenters. The van der Waals surface area contributed by atoms with E-state index in [1.807, 2.05) is 11.9 Å². The molecular formula is C19H26Cl2N2O2. The third kappa shape index (κ3) is 4.42. The number of ether oxygens (including phenoxy) is 1. The summed E-state index contributed by atoms with van der Waals surface area (Å²) in [5.41, 5.74) is 0. The molecule has 4 nitrogen and oxygen atoms in total. The Morgan fingerprint density at radius 3 is 2.68 bits per heavy atom. The zero-order valence-electron chi connectivity index (χ0n) is 14.7. The first-order chi connectivity index (χ1) is 12.1. The summed E-state index contributed by atoms with van der Waals surface area (Å²) in [7, 11) is 1.91. The normalized spacial score (nSPS) is 24.3. The van der Waals surface area contributed by atoms with E-state index in [2.05, 4.69) is 4.90 Å². The molecule has 0 N–H and O–H groups in total. The molecule has 1 saturated carbocycles. The zero-order valence-corrected chi connectivity index (χ0v) is 16.2. The maximum Gasteiger partial charge on any atom is 0.260 e. The number of nitrogens with zero attached hydrogens (tertiary/aromatic N) is 2. The van der Waals surface area contributed by atoms with Gasteiger partial charge >= 0.3 is 0 Å². The minimum atomic E-state index is -0.0141. The maximum atomic E-state index is 12.7. The molecule has 1 aromatic carbocycles. The van der Waals surface area contributed by atoms with Crippen LogP contribution in [-0.4, -0.2) is 54.5 Å². The monoisotopic (exact) mass is 384 g/mol. The van der Waals surface area contributed by atoms with Gasteiger partial charge in [-0.2, -0.15) is 0 Å². The van der Waals surface area contributed by atoms with Crippen LogP contribution in [0.1, 0.15) is 38.5 Å². The van der Waals surface area contributed by atoms with E-state index in [1.54, 1.807) is 18.2 Å². The number of carbonyl (C=O) groups excluding carboxylic acids is 1. The van der Waals surface area contributed by atoms with Crippen LogP contribution in [0.2, 0.25) is 10.0 Å². The highest BCUT2D eigenvalue weighted by molar-refractivity contribution is 6.42. The van der Waals surface area contributed by atoms with Gasteiger partial charge < -0.3 is 9.64 Å². The van der Waals surface area contributed by atoms with Crippen molar-refractivity contribution in [1.29, 1.82) is 0 Å². The largest absolute Gasteiger partial charge is 0.482 e. The number of rotatable bonds is 5. The molecular weight excluding hydrogens is 359 g/mol. The predicted octanol–water partition coefficient (Wildman–Crippen LogP) is 4.24. The number of hydrogen-bond acceptors (Lipinski definition) is 3. The van der Waals surface area contributed by atoms with Crippen LogP contribution in [0.5, 0.6) is 5.75 Å². The van der Waals surface area contributed by atoms with Crippen LogP contribution in [0.3, 0.4) is 0 Å². The van der Waals surface area contributed by atoms with E-state index in [0.29, 0.717) is 21.8 Å². The van der Waals surface area contributed by atoms with E-state index in [1.165, 1.54) is 32.1 Å². The van der Waals surface area contributed by atoms with Crippen LogP contribution in [-0.2, 0) is 4.79 Å². The van der Waals surface area contributed by atoms with Gasteiger partial charge in [-0.1, -0.05) is 42.1 Å².